The molecule has 1 aromatic carbocycles. The number of carbonyl (C=O) groups excluding carboxylic acids is 1. The average molecular weight is 259 g/mol. The van der Waals surface area contributed by atoms with Crippen LogP contribution in [0.25, 0.3) is 0 Å². The highest BCUT2D eigenvalue weighted by Gasteiger charge is 2.06. The van der Waals surface area contributed by atoms with Gasteiger partial charge in [-0.2, -0.15) is 0 Å². The van der Waals surface area contributed by atoms with E-state index in [0.29, 0.717) is 12.2 Å². The van der Waals surface area contributed by atoms with Crippen molar-refractivity contribution >= 4 is 24.0 Å². The second-order valence-corrected chi connectivity index (χ2v) is 3.56. The van der Waals surface area contributed by atoms with Crippen LogP contribution in [0.2, 0.25) is 0 Å². The number of nitrogens with zero attached hydrogens (tertiary/aromatic N) is 1. The fourth-order valence-corrected chi connectivity index (χ4v) is 1.40. The highest BCUT2D eigenvalue weighted by Crippen LogP contribution is 2.13. The maximum absolute atomic E-state index is 11.6. The fraction of sp³-hybridized carbons (Fsp3) is 0.417. The number of hydrogen-bond donors (Lipinski definition) is 2. The van der Waals surface area contributed by atoms with Gasteiger partial charge in [-0.25, -0.2) is 0 Å². The molecule has 5 heteroatoms. The number of amides is 1. The molecule has 1 aromatic rings. The molecule has 0 fully saturated rings. The number of aromatic hydroxyl groups is 1. The van der Waals surface area contributed by atoms with E-state index in [1.54, 1.807) is 24.3 Å². The van der Waals surface area contributed by atoms with Gasteiger partial charge in [0.25, 0.3) is 0 Å². The molecular weight excluding hydrogens is 240 g/mol. The van der Waals surface area contributed by atoms with Crippen LogP contribution in [0.3, 0.4) is 0 Å². The topological polar surface area (TPSA) is 52.6 Å². The molecule has 0 aliphatic rings. The second kappa shape index (κ2) is 7.92. The molecule has 4 nitrogen and oxygen atoms in total. The van der Waals surface area contributed by atoms with Crippen LogP contribution in [0.5, 0.6) is 5.75 Å². The van der Waals surface area contributed by atoms with Gasteiger partial charge in [0.15, 0.2) is 0 Å². The molecule has 0 aliphatic carbocycles. The molecule has 0 radical (unpaired) electrons. The van der Waals surface area contributed by atoms with E-state index < -0.39 is 0 Å². The summed E-state index contributed by atoms with van der Waals surface area (Å²) in [6.45, 7) is 6.17. The third kappa shape index (κ3) is 5.56. The second-order valence-electron chi connectivity index (χ2n) is 3.56. The van der Waals surface area contributed by atoms with E-state index in [1.807, 2.05) is 18.7 Å². The standard InChI is InChI=1S/C12H18N2O2.ClH/c1-3-14(4-2)9-12(16)13-10-5-7-11(15)8-6-10;/h5-8,15H,3-4,9H2,1-2H3,(H,13,16);1H. The monoisotopic (exact) mass is 258 g/mol. The lowest BCUT2D eigenvalue weighted by molar-refractivity contribution is -0.117. The van der Waals surface area contributed by atoms with Gasteiger partial charge in [-0.15, -0.1) is 12.4 Å². The maximum Gasteiger partial charge on any atom is 0.238 e. The largest absolute Gasteiger partial charge is 0.508 e. The Hall–Kier alpha value is -1.26. The molecule has 1 amide bonds. The van der Waals surface area contributed by atoms with Gasteiger partial charge in [0.1, 0.15) is 5.75 Å². The molecule has 0 aromatic heterocycles. The summed E-state index contributed by atoms with van der Waals surface area (Å²) >= 11 is 0. The highest BCUT2D eigenvalue weighted by molar-refractivity contribution is 5.92. The average Bonchev–Trinajstić information content (AvgIpc) is 2.29. The van der Waals surface area contributed by atoms with Gasteiger partial charge in [0, 0.05) is 5.69 Å². The normalized spacial score (nSPS) is 9.82. The first-order valence-electron chi connectivity index (χ1n) is 5.47. The number of phenols is 1. The van der Waals surface area contributed by atoms with Crippen LogP contribution in [-0.2, 0) is 4.79 Å². The van der Waals surface area contributed by atoms with Crippen molar-refractivity contribution in [3.8, 4) is 5.75 Å². The number of rotatable bonds is 5. The summed E-state index contributed by atoms with van der Waals surface area (Å²) in [5, 5.41) is 11.9. The van der Waals surface area contributed by atoms with Crippen LogP contribution in [-0.4, -0.2) is 35.5 Å². The van der Waals surface area contributed by atoms with Crippen molar-refractivity contribution in [1.82, 2.24) is 4.90 Å². The van der Waals surface area contributed by atoms with Crippen molar-refractivity contribution in [2.45, 2.75) is 13.8 Å². The minimum atomic E-state index is -0.0330. The molecule has 0 unspecified atom stereocenters. The summed E-state index contributed by atoms with van der Waals surface area (Å²) in [7, 11) is 0. The summed E-state index contributed by atoms with van der Waals surface area (Å²) < 4.78 is 0. The number of anilines is 1. The lowest BCUT2D eigenvalue weighted by Gasteiger charge is -2.17. The Morgan fingerprint density at radius 2 is 1.76 bits per heavy atom. The zero-order valence-electron chi connectivity index (χ0n) is 10.1. The van der Waals surface area contributed by atoms with Crippen LogP contribution < -0.4 is 5.32 Å². The van der Waals surface area contributed by atoms with E-state index in [0.717, 1.165) is 13.1 Å². The number of nitrogens with one attached hydrogen (secondary N) is 1. The molecule has 17 heavy (non-hydrogen) atoms. The number of halogens is 1. The van der Waals surface area contributed by atoms with Crippen molar-refractivity contribution in [3.63, 3.8) is 0 Å². The summed E-state index contributed by atoms with van der Waals surface area (Å²) in [6.07, 6.45) is 0. The van der Waals surface area contributed by atoms with Crippen molar-refractivity contribution < 1.29 is 9.90 Å². The predicted octanol–water partition coefficient (Wildman–Crippen LogP) is 2.09. The van der Waals surface area contributed by atoms with Gasteiger partial charge in [-0.1, -0.05) is 13.8 Å². The minimum Gasteiger partial charge on any atom is -0.508 e. The lowest BCUT2D eigenvalue weighted by atomic mass is 10.3. The summed E-state index contributed by atoms with van der Waals surface area (Å²) in [5.74, 6) is 0.163. The zero-order valence-corrected chi connectivity index (χ0v) is 11.0. The van der Waals surface area contributed by atoms with E-state index in [2.05, 4.69) is 5.32 Å². The summed E-state index contributed by atoms with van der Waals surface area (Å²) in [5.41, 5.74) is 0.704. The van der Waals surface area contributed by atoms with Gasteiger partial charge in [0.05, 0.1) is 6.54 Å². The number of carbonyl (C=O) groups is 1. The van der Waals surface area contributed by atoms with Crippen LogP contribution in [0, 0.1) is 0 Å². The molecule has 0 heterocycles. The van der Waals surface area contributed by atoms with Gasteiger partial charge < -0.3 is 10.4 Å². The van der Waals surface area contributed by atoms with E-state index in [1.165, 1.54) is 0 Å². The molecule has 0 saturated carbocycles. The lowest BCUT2D eigenvalue weighted by Crippen LogP contribution is -2.32. The Balaban J connectivity index is 0.00000256. The number of benzene rings is 1. The SMILES string of the molecule is CCN(CC)CC(=O)Nc1ccc(O)cc1.Cl. The van der Waals surface area contributed by atoms with E-state index >= 15 is 0 Å². The smallest absolute Gasteiger partial charge is 0.238 e. The third-order valence-corrected chi connectivity index (χ3v) is 2.41. The van der Waals surface area contributed by atoms with Gasteiger partial charge >= 0.3 is 0 Å². The quantitative estimate of drug-likeness (QED) is 0.796. The Bertz CT molecular complexity index is 337. The number of likely N-dealkylation sites (N-methyl/N-ethyl adjacent to an activating group) is 1. The Morgan fingerprint density at radius 3 is 2.24 bits per heavy atom. The highest BCUT2D eigenvalue weighted by atomic mass is 35.5. The van der Waals surface area contributed by atoms with Crippen molar-refractivity contribution in [3.05, 3.63) is 24.3 Å². The fourth-order valence-electron chi connectivity index (χ4n) is 1.40. The Labute approximate surface area is 108 Å². The van der Waals surface area contributed by atoms with Crippen molar-refractivity contribution in [2.24, 2.45) is 0 Å². The molecule has 0 bridgehead atoms. The number of phenolic OH excluding ortho intramolecular Hbond substituents is 1. The van der Waals surface area contributed by atoms with Crippen LogP contribution in [0.1, 0.15) is 13.8 Å². The first-order valence-corrected chi connectivity index (χ1v) is 5.47. The summed E-state index contributed by atoms with van der Waals surface area (Å²) in [6, 6.07) is 6.45. The Morgan fingerprint density at radius 1 is 1.24 bits per heavy atom. The van der Waals surface area contributed by atoms with E-state index in [-0.39, 0.29) is 24.1 Å². The Kier molecular flexibility index (Phi) is 7.34. The number of hydrogen-bond acceptors (Lipinski definition) is 3. The van der Waals surface area contributed by atoms with Crippen LogP contribution >= 0.6 is 12.4 Å². The summed E-state index contributed by atoms with van der Waals surface area (Å²) in [4.78, 5) is 13.6. The molecule has 96 valence electrons. The van der Waals surface area contributed by atoms with Crippen LogP contribution in [0.4, 0.5) is 5.69 Å². The first-order chi connectivity index (χ1) is 7.65. The van der Waals surface area contributed by atoms with Gasteiger partial charge in [0.2, 0.25) is 5.91 Å². The molecule has 0 spiro atoms. The van der Waals surface area contributed by atoms with Crippen LogP contribution in [0.15, 0.2) is 24.3 Å². The first kappa shape index (κ1) is 15.7. The van der Waals surface area contributed by atoms with Gasteiger partial charge in [-0.3, -0.25) is 9.69 Å². The van der Waals surface area contributed by atoms with E-state index in [9.17, 15) is 4.79 Å². The van der Waals surface area contributed by atoms with E-state index in [4.69, 9.17) is 5.11 Å². The molecular formula is C12H19ClN2O2. The molecule has 2 N–H and O–H groups in total. The zero-order chi connectivity index (χ0) is 12.0. The van der Waals surface area contributed by atoms with Crippen molar-refractivity contribution in [1.29, 1.82) is 0 Å². The maximum atomic E-state index is 11.6. The molecule has 0 saturated heterocycles. The van der Waals surface area contributed by atoms with Crippen molar-refractivity contribution in [2.75, 3.05) is 25.0 Å². The molecule has 0 atom stereocenters. The third-order valence-electron chi connectivity index (χ3n) is 2.41. The predicted molar refractivity (Wildman–Crippen MR) is 71.8 cm³/mol. The molecule has 0 aliphatic heterocycles. The molecule has 1 rings (SSSR count). The minimum absolute atomic E-state index is 0. The van der Waals surface area contributed by atoms with Gasteiger partial charge in [-0.05, 0) is 37.4 Å².